The lowest BCUT2D eigenvalue weighted by molar-refractivity contribution is -0.131. The van der Waals surface area contributed by atoms with Crippen molar-refractivity contribution in [1.29, 1.82) is 0 Å². The van der Waals surface area contributed by atoms with Crippen LogP contribution >= 0.6 is 0 Å². The van der Waals surface area contributed by atoms with Gasteiger partial charge in [-0.3, -0.25) is 0 Å². The van der Waals surface area contributed by atoms with Crippen LogP contribution in [0.4, 0.5) is 0 Å². The molecule has 5 heteroatoms. The van der Waals surface area contributed by atoms with Crippen LogP contribution in [0.25, 0.3) is 10.8 Å². The third kappa shape index (κ3) is 4.09. The number of aliphatic hydroxyl groups excluding tert-OH is 1. The first-order valence-corrected chi connectivity index (χ1v) is 7.35. The Morgan fingerprint density at radius 3 is 2.57 bits per heavy atom. The molecule has 0 radical (unpaired) electrons. The first-order chi connectivity index (χ1) is 11.0. The van der Waals surface area contributed by atoms with Gasteiger partial charge in [0.25, 0.3) is 0 Å². The number of ether oxygens (including phenoxy) is 1. The SMILES string of the molecule is CO[C@@H](CC/C=C/C(=O)O)[C@@H](O)c1ccc(O)c2ccccc12. The van der Waals surface area contributed by atoms with Gasteiger partial charge in [-0.15, -0.1) is 0 Å². The molecular formula is C18H20O5. The number of aromatic hydroxyl groups is 1. The summed E-state index contributed by atoms with van der Waals surface area (Å²) < 4.78 is 5.36. The molecule has 0 fully saturated rings. The summed E-state index contributed by atoms with van der Waals surface area (Å²) in [5.41, 5.74) is 0.674. The predicted octanol–water partition coefficient (Wildman–Crippen LogP) is 3.01. The fourth-order valence-corrected chi connectivity index (χ4v) is 2.61. The number of aliphatic hydroxyl groups is 1. The van der Waals surface area contributed by atoms with Gasteiger partial charge in [0.15, 0.2) is 0 Å². The van der Waals surface area contributed by atoms with Gasteiger partial charge in [-0.25, -0.2) is 4.79 Å². The maximum absolute atomic E-state index is 10.6. The molecular weight excluding hydrogens is 296 g/mol. The normalized spacial score (nSPS) is 14.2. The topological polar surface area (TPSA) is 87.0 Å². The van der Waals surface area contributed by atoms with E-state index in [-0.39, 0.29) is 5.75 Å². The maximum atomic E-state index is 10.6. The number of hydrogen-bond donors (Lipinski definition) is 3. The van der Waals surface area contributed by atoms with Gasteiger partial charge >= 0.3 is 5.97 Å². The van der Waals surface area contributed by atoms with E-state index in [1.165, 1.54) is 13.2 Å². The van der Waals surface area contributed by atoms with Gasteiger partial charge in [0.2, 0.25) is 0 Å². The third-order valence-electron chi connectivity index (χ3n) is 3.79. The van der Waals surface area contributed by atoms with Crippen LogP contribution in [0.1, 0.15) is 24.5 Å². The van der Waals surface area contributed by atoms with E-state index < -0.39 is 18.2 Å². The molecule has 0 aliphatic rings. The monoisotopic (exact) mass is 316 g/mol. The number of carboxylic acid groups (broad SMARTS) is 1. The smallest absolute Gasteiger partial charge is 0.327 e. The van der Waals surface area contributed by atoms with Crippen LogP contribution in [0.2, 0.25) is 0 Å². The van der Waals surface area contributed by atoms with Crippen LogP contribution < -0.4 is 0 Å². The van der Waals surface area contributed by atoms with Crippen molar-refractivity contribution in [3.63, 3.8) is 0 Å². The number of allylic oxidation sites excluding steroid dienone is 1. The van der Waals surface area contributed by atoms with Crippen molar-refractivity contribution >= 4 is 16.7 Å². The van der Waals surface area contributed by atoms with Crippen molar-refractivity contribution in [2.75, 3.05) is 7.11 Å². The molecule has 3 N–H and O–H groups in total. The van der Waals surface area contributed by atoms with Crippen molar-refractivity contribution in [3.8, 4) is 5.75 Å². The van der Waals surface area contributed by atoms with E-state index in [1.54, 1.807) is 18.2 Å². The van der Waals surface area contributed by atoms with Crippen LogP contribution in [0.15, 0.2) is 48.6 Å². The predicted molar refractivity (Wildman–Crippen MR) is 87.4 cm³/mol. The second kappa shape index (κ2) is 7.76. The Labute approximate surface area is 134 Å². The zero-order valence-corrected chi connectivity index (χ0v) is 12.8. The molecule has 0 amide bonds. The molecule has 0 aromatic heterocycles. The molecule has 0 saturated carbocycles. The van der Waals surface area contributed by atoms with E-state index in [0.717, 1.165) is 11.5 Å². The highest BCUT2D eigenvalue weighted by atomic mass is 16.5. The lowest BCUT2D eigenvalue weighted by Gasteiger charge is -2.23. The van der Waals surface area contributed by atoms with Crippen LogP contribution in [-0.4, -0.2) is 34.5 Å². The summed E-state index contributed by atoms with van der Waals surface area (Å²) in [7, 11) is 1.51. The Morgan fingerprint density at radius 1 is 1.22 bits per heavy atom. The van der Waals surface area contributed by atoms with Crippen molar-refractivity contribution in [2.24, 2.45) is 0 Å². The summed E-state index contributed by atoms with van der Waals surface area (Å²) in [6, 6.07) is 10.5. The van der Waals surface area contributed by atoms with Gasteiger partial charge in [-0.05, 0) is 29.9 Å². The molecule has 0 aliphatic carbocycles. The van der Waals surface area contributed by atoms with E-state index in [2.05, 4.69) is 0 Å². The van der Waals surface area contributed by atoms with Crippen LogP contribution in [0.3, 0.4) is 0 Å². The molecule has 23 heavy (non-hydrogen) atoms. The number of carboxylic acids is 1. The van der Waals surface area contributed by atoms with E-state index in [4.69, 9.17) is 9.84 Å². The van der Waals surface area contributed by atoms with Crippen molar-refractivity contribution < 1.29 is 24.9 Å². The minimum atomic E-state index is -0.996. The van der Waals surface area contributed by atoms with E-state index in [0.29, 0.717) is 23.8 Å². The Morgan fingerprint density at radius 2 is 1.91 bits per heavy atom. The highest BCUT2D eigenvalue weighted by Crippen LogP contribution is 2.33. The maximum Gasteiger partial charge on any atom is 0.327 e. The molecule has 5 nitrogen and oxygen atoms in total. The number of benzene rings is 2. The second-order valence-electron chi connectivity index (χ2n) is 5.26. The first kappa shape index (κ1) is 17.0. The van der Waals surface area contributed by atoms with Gasteiger partial charge in [-0.1, -0.05) is 36.4 Å². The summed E-state index contributed by atoms with van der Waals surface area (Å²) in [5.74, 6) is -0.834. The number of phenols is 1. The number of rotatable bonds is 7. The lowest BCUT2D eigenvalue weighted by Crippen LogP contribution is -2.21. The number of phenolic OH excluding ortho intramolecular Hbond substituents is 1. The summed E-state index contributed by atoms with van der Waals surface area (Å²) in [6.07, 6.45) is 2.24. The zero-order chi connectivity index (χ0) is 16.8. The van der Waals surface area contributed by atoms with Crippen LogP contribution in [0, 0.1) is 0 Å². The largest absolute Gasteiger partial charge is 0.507 e. The summed E-state index contributed by atoms with van der Waals surface area (Å²) in [5, 5.41) is 30.6. The molecule has 122 valence electrons. The number of carbonyl (C=O) groups is 1. The molecule has 0 heterocycles. The molecule has 0 aliphatic heterocycles. The molecule has 0 saturated heterocycles. The number of fused-ring (bicyclic) bond motifs is 1. The Kier molecular flexibility index (Phi) is 5.73. The summed E-state index contributed by atoms with van der Waals surface area (Å²) >= 11 is 0. The number of hydrogen-bond acceptors (Lipinski definition) is 4. The van der Waals surface area contributed by atoms with Gasteiger partial charge in [0, 0.05) is 18.6 Å². The highest BCUT2D eigenvalue weighted by molar-refractivity contribution is 5.91. The lowest BCUT2D eigenvalue weighted by atomic mass is 9.95. The average molecular weight is 316 g/mol. The van der Waals surface area contributed by atoms with E-state index in [1.807, 2.05) is 18.2 Å². The molecule has 2 aromatic carbocycles. The number of aliphatic carboxylic acids is 1. The van der Waals surface area contributed by atoms with E-state index in [9.17, 15) is 15.0 Å². The zero-order valence-electron chi connectivity index (χ0n) is 12.8. The summed E-state index contributed by atoms with van der Waals surface area (Å²) in [6.45, 7) is 0. The Balaban J connectivity index is 2.22. The highest BCUT2D eigenvalue weighted by Gasteiger charge is 2.22. The minimum Gasteiger partial charge on any atom is -0.507 e. The van der Waals surface area contributed by atoms with Crippen molar-refractivity contribution in [3.05, 3.63) is 54.1 Å². The molecule has 0 bridgehead atoms. The van der Waals surface area contributed by atoms with Gasteiger partial charge in [0.05, 0.1) is 6.10 Å². The minimum absolute atomic E-state index is 0.162. The first-order valence-electron chi connectivity index (χ1n) is 7.35. The quantitative estimate of drug-likeness (QED) is 0.684. The molecule has 2 atom stereocenters. The molecule has 2 aromatic rings. The van der Waals surface area contributed by atoms with Crippen molar-refractivity contribution in [2.45, 2.75) is 25.0 Å². The van der Waals surface area contributed by atoms with Gasteiger partial charge in [-0.2, -0.15) is 0 Å². The molecule has 0 spiro atoms. The third-order valence-corrected chi connectivity index (χ3v) is 3.79. The standard InChI is InChI=1S/C18H20O5/c1-23-16(8-4-5-9-17(20)21)18(22)14-10-11-15(19)13-7-3-2-6-12(13)14/h2-3,5-7,9-11,16,18-19,22H,4,8H2,1H3,(H,20,21)/b9-5+/t16-,18-/m0/s1. The summed E-state index contributed by atoms with van der Waals surface area (Å²) in [4.78, 5) is 10.5. The van der Waals surface area contributed by atoms with Crippen molar-refractivity contribution in [1.82, 2.24) is 0 Å². The Hall–Kier alpha value is -2.37. The average Bonchev–Trinajstić information content (AvgIpc) is 2.55. The van der Waals surface area contributed by atoms with Gasteiger partial charge < -0.3 is 20.1 Å². The van der Waals surface area contributed by atoms with Crippen LogP contribution in [0.5, 0.6) is 5.75 Å². The van der Waals surface area contributed by atoms with E-state index >= 15 is 0 Å². The van der Waals surface area contributed by atoms with Crippen LogP contribution in [-0.2, 0) is 9.53 Å². The second-order valence-corrected chi connectivity index (χ2v) is 5.26. The van der Waals surface area contributed by atoms with Gasteiger partial charge in [0.1, 0.15) is 11.9 Å². The Bertz CT molecular complexity index is 708. The fraction of sp³-hybridized carbons (Fsp3) is 0.278. The molecule has 0 unspecified atom stereocenters. The number of methoxy groups -OCH3 is 1. The fourth-order valence-electron chi connectivity index (χ4n) is 2.61. The molecule has 2 rings (SSSR count).